The van der Waals surface area contributed by atoms with Gasteiger partial charge in [-0.25, -0.2) is 0 Å². The van der Waals surface area contributed by atoms with Crippen molar-refractivity contribution in [3.05, 3.63) is 174 Å². The highest BCUT2D eigenvalue weighted by Crippen LogP contribution is 2.67. The second kappa shape index (κ2) is 13.1. The minimum Gasteiger partial charge on any atom is -0.455 e. The van der Waals surface area contributed by atoms with Crippen LogP contribution in [0.15, 0.2) is 156 Å². The van der Waals surface area contributed by atoms with E-state index in [4.69, 9.17) is 4.42 Å². The number of para-hydroxylation sites is 2. The van der Waals surface area contributed by atoms with Crippen LogP contribution in [0.5, 0.6) is 0 Å². The molecule has 14 rings (SSSR count). The lowest BCUT2D eigenvalue weighted by molar-refractivity contribution is 0.0557. The van der Waals surface area contributed by atoms with E-state index in [9.17, 15) is 0 Å². The number of benzene rings is 7. The predicted molar refractivity (Wildman–Crippen MR) is 256 cm³/mol. The number of hydrogen-bond acceptors (Lipinski definition) is 2. The first kappa shape index (κ1) is 35.7. The molecular formula is C60H53NO. The molecule has 7 unspecified atom stereocenters. The lowest BCUT2D eigenvalue weighted by Gasteiger charge is -2.54. The number of hydrogen-bond donors (Lipinski definition) is 0. The Morgan fingerprint density at radius 1 is 0.516 bits per heavy atom. The fourth-order valence-corrected chi connectivity index (χ4v) is 15.4. The molecule has 2 nitrogen and oxygen atoms in total. The maximum absolute atomic E-state index is 6.54. The minimum atomic E-state index is 0.105. The van der Waals surface area contributed by atoms with Gasteiger partial charge in [-0.15, -0.1) is 0 Å². The molecule has 8 aromatic rings. The van der Waals surface area contributed by atoms with Crippen LogP contribution in [-0.4, -0.2) is 0 Å². The summed E-state index contributed by atoms with van der Waals surface area (Å²) in [5.74, 6) is 3.83. The summed E-state index contributed by atoms with van der Waals surface area (Å²) < 4.78 is 6.54. The van der Waals surface area contributed by atoms with Crippen molar-refractivity contribution in [3.63, 3.8) is 0 Å². The maximum Gasteiger partial charge on any atom is 0.143 e. The predicted octanol–water partition coefficient (Wildman–Crippen LogP) is 16.3. The molecular weight excluding hydrogens is 751 g/mol. The first-order valence-electron chi connectivity index (χ1n) is 23.9. The van der Waals surface area contributed by atoms with Gasteiger partial charge in [0.1, 0.15) is 11.2 Å². The summed E-state index contributed by atoms with van der Waals surface area (Å²) in [5, 5.41) is 2.33. The molecule has 4 bridgehead atoms. The Morgan fingerprint density at radius 3 is 2.05 bits per heavy atom. The third-order valence-corrected chi connectivity index (χ3v) is 17.7. The molecule has 2 heteroatoms. The summed E-state index contributed by atoms with van der Waals surface area (Å²) in [6.45, 7) is 2.47. The van der Waals surface area contributed by atoms with Crippen molar-refractivity contribution in [2.24, 2.45) is 29.6 Å². The molecule has 0 aliphatic heterocycles. The molecule has 0 amide bonds. The normalized spacial score (nSPS) is 27.2. The van der Waals surface area contributed by atoms with E-state index in [2.05, 4.69) is 163 Å². The Balaban J connectivity index is 0.954. The third-order valence-electron chi connectivity index (χ3n) is 17.7. The van der Waals surface area contributed by atoms with E-state index in [0.717, 1.165) is 28.6 Å². The standard InChI is InChI=1S/C60H53NO/c1-2-40-31-37-11-9-12-42(32-37)60(40)54-19-7-4-14-48(54)52-34-44(28-30-55(52)60)61(43-25-22-39(23-26-43)46-16-10-17-51-50-15-5-8-20-57(50)62-58(46)51)45-27-29-49-47-13-3-6-18-53(47)59(56(49)35-45)36-38-21-24-41(59)33-38/h3-8,10,13-20,22-23,25-30,34-35,37-38,40-42H,2,9,11-12,21,24,31-33,36H2,1H3. The second-order valence-corrected chi connectivity index (χ2v) is 20.2. The largest absolute Gasteiger partial charge is 0.455 e. The zero-order valence-corrected chi connectivity index (χ0v) is 35.7. The quantitative estimate of drug-likeness (QED) is 0.172. The maximum atomic E-state index is 6.54. The number of furan rings is 1. The molecule has 4 saturated carbocycles. The van der Waals surface area contributed by atoms with E-state index in [1.54, 1.807) is 22.3 Å². The molecule has 6 aliphatic carbocycles. The Bertz CT molecular complexity index is 3110. The molecule has 7 aromatic carbocycles. The van der Waals surface area contributed by atoms with Gasteiger partial charge < -0.3 is 9.32 Å². The van der Waals surface area contributed by atoms with Gasteiger partial charge >= 0.3 is 0 Å². The molecule has 1 aromatic heterocycles. The Kier molecular flexibility index (Phi) is 7.54. The fraction of sp³-hybridized carbons (Fsp3) is 0.300. The van der Waals surface area contributed by atoms with E-state index in [1.165, 1.54) is 120 Å². The van der Waals surface area contributed by atoms with Crippen LogP contribution in [0.2, 0.25) is 0 Å². The van der Waals surface area contributed by atoms with Crippen LogP contribution in [0.25, 0.3) is 55.3 Å². The molecule has 4 fully saturated rings. The molecule has 6 aliphatic rings. The van der Waals surface area contributed by atoms with Gasteiger partial charge in [-0.05, 0) is 161 Å². The number of anilines is 3. The van der Waals surface area contributed by atoms with Gasteiger partial charge in [0.25, 0.3) is 0 Å². The molecule has 62 heavy (non-hydrogen) atoms. The summed E-state index contributed by atoms with van der Waals surface area (Å²) in [4.78, 5) is 2.58. The molecule has 304 valence electrons. The number of nitrogens with zero attached hydrogens (tertiary/aromatic N) is 1. The third kappa shape index (κ3) is 4.66. The molecule has 0 radical (unpaired) electrons. The van der Waals surface area contributed by atoms with Crippen molar-refractivity contribution >= 4 is 39.0 Å². The Hall–Kier alpha value is -5.86. The van der Waals surface area contributed by atoms with Gasteiger partial charge in [0.05, 0.1) is 0 Å². The van der Waals surface area contributed by atoms with Crippen molar-refractivity contribution in [1.82, 2.24) is 0 Å². The average Bonchev–Trinajstić information content (AvgIpc) is 4.15. The average molecular weight is 804 g/mol. The van der Waals surface area contributed by atoms with Crippen LogP contribution in [-0.2, 0) is 10.8 Å². The van der Waals surface area contributed by atoms with Crippen molar-refractivity contribution < 1.29 is 4.42 Å². The summed E-state index contributed by atoms with van der Waals surface area (Å²) in [6.07, 6.45) is 13.5. The van der Waals surface area contributed by atoms with Gasteiger partial charge in [0, 0.05) is 44.2 Å². The lowest BCUT2D eigenvalue weighted by Crippen LogP contribution is -2.48. The fourth-order valence-electron chi connectivity index (χ4n) is 15.4. The zero-order valence-electron chi connectivity index (χ0n) is 35.7. The molecule has 1 heterocycles. The minimum absolute atomic E-state index is 0.105. The summed E-state index contributed by atoms with van der Waals surface area (Å²) in [5.41, 5.74) is 20.3. The lowest BCUT2D eigenvalue weighted by atomic mass is 9.50. The molecule has 7 atom stereocenters. The van der Waals surface area contributed by atoms with E-state index in [1.807, 2.05) is 0 Å². The van der Waals surface area contributed by atoms with Crippen molar-refractivity contribution in [2.45, 2.75) is 82.0 Å². The highest BCUT2D eigenvalue weighted by atomic mass is 16.3. The Labute approximate surface area is 365 Å². The smallest absolute Gasteiger partial charge is 0.143 e. The summed E-state index contributed by atoms with van der Waals surface area (Å²) in [7, 11) is 0. The van der Waals surface area contributed by atoms with Gasteiger partial charge in [-0.1, -0.05) is 142 Å². The summed E-state index contributed by atoms with van der Waals surface area (Å²) in [6, 6.07) is 58.5. The van der Waals surface area contributed by atoms with Crippen molar-refractivity contribution in [3.8, 4) is 33.4 Å². The molecule has 2 spiro atoms. The van der Waals surface area contributed by atoms with Gasteiger partial charge in [0.15, 0.2) is 0 Å². The van der Waals surface area contributed by atoms with Crippen LogP contribution in [0.4, 0.5) is 17.1 Å². The van der Waals surface area contributed by atoms with Crippen LogP contribution in [0.1, 0.15) is 93.4 Å². The summed E-state index contributed by atoms with van der Waals surface area (Å²) >= 11 is 0. The second-order valence-electron chi connectivity index (χ2n) is 20.2. The highest BCUT2D eigenvalue weighted by Gasteiger charge is 2.58. The number of fused-ring (bicyclic) bond motifs is 19. The van der Waals surface area contributed by atoms with Crippen LogP contribution < -0.4 is 4.90 Å². The number of rotatable bonds is 5. The van der Waals surface area contributed by atoms with Crippen LogP contribution in [0.3, 0.4) is 0 Å². The Morgan fingerprint density at radius 2 is 1.21 bits per heavy atom. The molecule has 0 N–H and O–H groups in total. The van der Waals surface area contributed by atoms with E-state index >= 15 is 0 Å². The van der Waals surface area contributed by atoms with Crippen molar-refractivity contribution in [1.29, 1.82) is 0 Å². The highest BCUT2D eigenvalue weighted by molar-refractivity contribution is 6.09. The van der Waals surface area contributed by atoms with E-state index in [-0.39, 0.29) is 10.8 Å². The van der Waals surface area contributed by atoms with Gasteiger partial charge in [0.2, 0.25) is 0 Å². The van der Waals surface area contributed by atoms with Crippen LogP contribution in [0, 0.1) is 29.6 Å². The topological polar surface area (TPSA) is 16.4 Å². The molecule has 0 saturated heterocycles. The van der Waals surface area contributed by atoms with Gasteiger partial charge in [-0.2, -0.15) is 0 Å². The van der Waals surface area contributed by atoms with E-state index in [0.29, 0.717) is 17.8 Å². The van der Waals surface area contributed by atoms with Crippen LogP contribution >= 0.6 is 0 Å². The van der Waals surface area contributed by atoms with Crippen molar-refractivity contribution in [2.75, 3.05) is 4.90 Å². The SMILES string of the molecule is CCC1CC2CCCC(C2)C12c1ccccc1-c1cc(N(c3ccc(-c4cccc5c4oc4ccccc45)cc3)c3ccc4c(c3)C3(CC5CCC3C5)c3ccccc3-4)ccc12. The zero-order chi connectivity index (χ0) is 40.7. The van der Waals surface area contributed by atoms with E-state index < -0.39 is 0 Å². The monoisotopic (exact) mass is 803 g/mol. The first-order valence-corrected chi connectivity index (χ1v) is 23.9. The first-order chi connectivity index (χ1) is 30.6. The van der Waals surface area contributed by atoms with Gasteiger partial charge in [-0.3, -0.25) is 0 Å².